The molecule has 1 amide bonds. The Bertz CT molecular complexity index is 499. The van der Waals surface area contributed by atoms with Crippen molar-refractivity contribution in [3.05, 3.63) is 23.8 Å². The van der Waals surface area contributed by atoms with Crippen molar-refractivity contribution in [2.45, 2.75) is 19.0 Å². The summed E-state index contributed by atoms with van der Waals surface area (Å²) in [5, 5.41) is 20.0. The first-order valence-electron chi connectivity index (χ1n) is 5.12. The summed E-state index contributed by atoms with van der Waals surface area (Å²) < 4.78 is 35.7. The maximum absolute atomic E-state index is 11.9. The number of amides is 1. The van der Waals surface area contributed by atoms with Crippen LogP contribution in [0.1, 0.15) is 23.2 Å². The number of hydrogen-bond acceptors (Lipinski definition) is 3. The van der Waals surface area contributed by atoms with E-state index in [1.54, 1.807) is 0 Å². The predicted octanol–water partition coefficient (Wildman–Crippen LogP) is 2.37. The van der Waals surface area contributed by atoms with Crippen molar-refractivity contribution in [1.82, 2.24) is 0 Å². The molecule has 104 valence electrons. The van der Waals surface area contributed by atoms with E-state index in [4.69, 9.17) is 10.2 Å². The van der Waals surface area contributed by atoms with Crippen LogP contribution in [0, 0.1) is 0 Å². The van der Waals surface area contributed by atoms with Crippen LogP contribution in [0.4, 0.5) is 18.9 Å². The molecule has 19 heavy (non-hydrogen) atoms. The molecule has 0 fully saturated rings. The summed E-state index contributed by atoms with van der Waals surface area (Å²) in [7, 11) is 0. The van der Waals surface area contributed by atoms with Gasteiger partial charge in [0.05, 0.1) is 17.7 Å². The quantitative estimate of drug-likeness (QED) is 0.737. The number of aromatic hydroxyl groups is 1. The topological polar surface area (TPSA) is 86.6 Å². The highest BCUT2D eigenvalue weighted by Gasteiger charge is 2.28. The van der Waals surface area contributed by atoms with Gasteiger partial charge in [0.1, 0.15) is 5.75 Å². The molecule has 0 unspecified atom stereocenters. The fraction of sp³-hybridized carbons (Fsp3) is 0.273. The summed E-state index contributed by atoms with van der Waals surface area (Å²) in [6.07, 6.45) is -6.55. The van der Waals surface area contributed by atoms with Gasteiger partial charge in [0.25, 0.3) is 0 Å². The minimum Gasteiger partial charge on any atom is -0.508 e. The van der Waals surface area contributed by atoms with Crippen LogP contribution in [0.2, 0.25) is 0 Å². The van der Waals surface area contributed by atoms with Gasteiger partial charge in [0.2, 0.25) is 5.91 Å². The molecule has 8 heteroatoms. The Kier molecular flexibility index (Phi) is 4.36. The SMILES string of the molecule is O=C(CCC(F)(F)F)Nc1ccc(O)cc1C(=O)O. The third kappa shape index (κ3) is 4.86. The van der Waals surface area contributed by atoms with Crippen LogP contribution < -0.4 is 5.32 Å². The number of phenolic OH excluding ortho intramolecular Hbond substituents is 1. The molecule has 0 radical (unpaired) electrons. The number of benzene rings is 1. The zero-order valence-corrected chi connectivity index (χ0v) is 9.49. The lowest BCUT2D eigenvalue weighted by molar-refractivity contribution is -0.142. The summed E-state index contributed by atoms with van der Waals surface area (Å²) >= 11 is 0. The fourth-order valence-electron chi connectivity index (χ4n) is 1.29. The van der Waals surface area contributed by atoms with Crippen molar-refractivity contribution >= 4 is 17.6 Å². The second-order valence-corrected chi connectivity index (χ2v) is 3.70. The minimum absolute atomic E-state index is 0.169. The highest BCUT2D eigenvalue weighted by atomic mass is 19.4. The monoisotopic (exact) mass is 277 g/mol. The van der Waals surface area contributed by atoms with Crippen molar-refractivity contribution < 1.29 is 33.0 Å². The number of phenols is 1. The van der Waals surface area contributed by atoms with E-state index in [2.05, 4.69) is 5.32 Å². The van der Waals surface area contributed by atoms with Gasteiger partial charge in [-0.25, -0.2) is 4.79 Å². The summed E-state index contributed by atoms with van der Waals surface area (Å²) in [6.45, 7) is 0. The van der Waals surface area contributed by atoms with E-state index in [0.29, 0.717) is 0 Å². The molecular weight excluding hydrogens is 267 g/mol. The third-order valence-corrected chi connectivity index (χ3v) is 2.14. The third-order valence-electron chi connectivity index (χ3n) is 2.14. The molecule has 0 aliphatic rings. The second-order valence-electron chi connectivity index (χ2n) is 3.70. The summed E-state index contributed by atoms with van der Waals surface area (Å²) in [5.74, 6) is -2.70. The summed E-state index contributed by atoms with van der Waals surface area (Å²) in [5.41, 5.74) is -0.571. The maximum Gasteiger partial charge on any atom is 0.389 e. The molecule has 0 aliphatic carbocycles. The van der Waals surface area contributed by atoms with Gasteiger partial charge in [-0.2, -0.15) is 13.2 Å². The number of carboxylic acids is 1. The van der Waals surface area contributed by atoms with E-state index in [1.807, 2.05) is 0 Å². The molecule has 0 aromatic heterocycles. The average molecular weight is 277 g/mol. The number of alkyl halides is 3. The van der Waals surface area contributed by atoms with Gasteiger partial charge in [-0.1, -0.05) is 0 Å². The molecule has 1 aromatic carbocycles. The first-order chi connectivity index (χ1) is 8.69. The van der Waals surface area contributed by atoms with E-state index in [9.17, 15) is 22.8 Å². The number of aromatic carboxylic acids is 1. The van der Waals surface area contributed by atoms with Gasteiger partial charge in [0.15, 0.2) is 0 Å². The number of rotatable bonds is 4. The Labute approximate surface area is 105 Å². The highest BCUT2D eigenvalue weighted by molar-refractivity contribution is 6.00. The van der Waals surface area contributed by atoms with Gasteiger partial charge in [-0.05, 0) is 18.2 Å². The fourth-order valence-corrected chi connectivity index (χ4v) is 1.29. The molecule has 1 rings (SSSR count). The van der Waals surface area contributed by atoms with Crippen LogP contribution in [0.3, 0.4) is 0 Å². The summed E-state index contributed by atoms with van der Waals surface area (Å²) in [4.78, 5) is 22.1. The Morgan fingerprint density at radius 3 is 2.42 bits per heavy atom. The van der Waals surface area contributed by atoms with Gasteiger partial charge in [-0.3, -0.25) is 4.79 Å². The van der Waals surface area contributed by atoms with Crippen molar-refractivity contribution in [1.29, 1.82) is 0 Å². The molecule has 5 nitrogen and oxygen atoms in total. The normalized spacial score (nSPS) is 11.1. The number of carbonyl (C=O) groups excluding carboxylic acids is 1. The van der Waals surface area contributed by atoms with E-state index in [0.717, 1.165) is 18.2 Å². The number of carbonyl (C=O) groups is 2. The maximum atomic E-state index is 11.9. The van der Waals surface area contributed by atoms with E-state index >= 15 is 0 Å². The zero-order valence-electron chi connectivity index (χ0n) is 9.49. The van der Waals surface area contributed by atoms with Crippen molar-refractivity contribution in [3.8, 4) is 5.75 Å². The van der Waals surface area contributed by atoms with Gasteiger partial charge >= 0.3 is 12.1 Å². The van der Waals surface area contributed by atoms with Crippen molar-refractivity contribution in [2.75, 3.05) is 5.32 Å². The Hall–Kier alpha value is -2.25. The number of anilines is 1. The average Bonchev–Trinajstić information content (AvgIpc) is 2.28. The Morgan fingerprint density at radius 2 is 1.89 bits per heavy atom. The molecular formula is C11H10F3NO4. The number of halogens is 3. The molecule has 0 spiro atoms. The van der Waals surface area contributed by atoms with Crippen LogP contribution in [0.5, 0.6) is 5.75 Å². The van der Waals surface area contributed by atoms with E-state index in [-0.39, 0.29) is 11.4 Å². The lowest BCUT2D eigenvalue weighted by atomic mass is 10.1. The first-order valence-corrected chi connectivity index (χ1v) is 5.12. The largest absolute Gasteiger partial charge is 0.508 e. The Balaban J connectivity index is 2.77. The number of carboxylic acid groups (broad SMARTS) is 1. The predicted molar refractivity (Wildman–Crippen MR) is 59.0 cm³/mol. The molecule has 0 bridgehead atoms. The molecule has 0 saturated heterocycles. The van der Waals surface area contributed by atoms with Gasteiger partial charge in [0, 0.05) is 6.42 Å². The van der Waals surface area contributed by atoms with Crippen LogP contribution >= 0.6 is 0 Å². The van der Waals surface area contributed by atoms with Gasteiger partial charge in [-0.15, -0.1) is 0 Å². The Morgan fingerprint density at radius 1 is 1.26 bits per heavy atom. The van der Waals surface area contributed by atoms with E-state index in [1.165, 1.54) is 0 Å². The smallest absolute Gasteiger partial charge is 0.389 e. The summed E-state index contributed by atoms with van der Waals surface area (Å²) in [6, 6.07) is 3.11. The highest BCUT2D eigenvalue weighted by Crippen LogP contribution is 2.24. The van der Waals surface area contributed by atoms with Crippen LogP contribution in [0.15, 0.2) is 18.2 Å². The van der Waals surface area contributed by atoms with Crippen LogP contribution in [-0.2, 0) is 4.79 Å². The number of nitrogens with one attached hydrogen (secondary N) is 1. The first kappa shape index (κ1) is 14.8. The molecule has 0 heterocycles. The molecule has 1 aromatic rings. The van der Waals surface area contributed by atoms with Crippen molar-refractivity contribution in [2.24, 2.45) is 0 Å². The molecule has 0 atom stereocenters. The van der Waals surface area contributed by atoms with Crippen LogP contribution in [0.25, 0.3) is 0 Å². The molecule has 0 aliphatic heterocycles. The lowest BCUT2D eigenvalue weighted by Gasteiger charge is -2.10. The second kappa shape index (κ2) is 5.59. The van der Waals surface area contributed by atoms with Gasteiger partial charge < -0.3 is 15.5 Å². The zero-order chi connectivity index (χ0) is 14.6. The standard InChI is InChI=1S/C11H10F3NO4/c12-11(13,14)4-3-9(17)15-8-2-1-6(16)5-7(8)10(18)19/h1-2,5,16H,3-4H2,(H,15,17)(H,18,19). The van der Waals surface area contributed by atoms with E-state index < -0.39 is 36.5 Å². The lowest BCUT2D eigenvalue weighted by Crippen LogP contribution is -2.18. The molecule has 3 N–H and O–H groups in total. The minimum atomic E-state index is -4.46. The van der Waals surface area contributed by atoms with Crippen LogP contribution in [-0.4, -0.2) is 28.3 Å². The number of hydrogen-bond donors (Lipinski definition) is 3. The molecule has 0 saturated carbocycles. The van der Waals surface area contributed by atoms with Crippen molar-refractivity contribution in [3.63, 3.8) is 0 Å².